The molecule has 0 spiro atoms. The fraction of sp³-hybridized carbons (Fsp3) is 1.00. The van der Waals surface area contributed by atoms with Crippen LogP contribution in [-0.4, -0.2) is 49.8 Å². The van der Waals surface area contributed by atoms with E-state index in [2.05, 4.69) is 31.0 Å². The molecule has 16 heavy (non-hydrogen) atoms. The highest BCUT2D eigenvalue weighted by Gasteiger charge is 2.26. The maximum absolute atomic E-state index is 5.92. The van der Waals surface area contributed by atoms with Gasteiger partial charge in [-0.15, -0.1) is 0 Å². The Balaban J connectivity index is 2.42. The number of nitrogens with one attached hydrogen (secondary N) is 1. The zero-order valence-electron chi connectivity index (χ0n) is 11.2. The molecule has 0 saturated carbocycles. The first kappa shape index (κ1) is 13.9. The van der Waals surface area contributed by atoms with E-state index in [-0.39, 0.29) is 0 Å². The number of hydrogen-bond donors (Lipinski definition) is 1. The van der Waals surface area contributed by atoms with Gasteiger partial charge >= 0.3 is 0 Å². The number of morpholine rings is 1. The summed E-state index contributed by atoms with van der Waals surface area (Å²) in [5, 5.41) is 3.56. The van der Waals surface area contributed by atoms with Crippen LogP contribution in [-0.2, 0) is 4.74 Å². The minimum atomic E-state index is 0.389. The average Bonchev–Trinajstić information content (AvgIpc) is 2.30. The molecule has 0 aromatic rings. The molecule has 3 nitrogen and oxygen atoms in total. The van der Waals surface area contributed by atoms with Gasteiger partial charge in [-0.2, -0.15) is 0 Å². The Morgan fingerprint density at radius 1 is 1.31 bits per heavy atom. The van der Waals surface area contributed by atoms with Gasteiger partial charge in [-0.25, -0.2) is 0 Å². The monoisotopic (exact) mass is 228 g/mol. The van der Waals surface area contributed by atoms with Crippen molar-refractivity contribution >= 4 is 0 Å². The fourth-order valence-corrected chi connectivity index (χ4v) is 2.49. The standard InChI is InChI=1S/C13H28N2O/c1-4-7-12(14-6-3)13-11-15(8-5-2)9-10-16-13/h12-14H,4-11H2,1-3H3. The molecule has 2 unspecified atom stereocenters. The minimum Gasteiger partial charge on any atom is -0.374 e. The van der Waals surface area contributed by atoms with Gasteiger partial charge in [0, 0.05) is 19.1 Å². The molecule has 0 bridgehead atoms. The Morgan fingerprint density at radius 2 is 2.12 bits per heavy atom. The topological polar surface area (TPSA) is 24.5 Å². The zero-order chi connectivity index (χ0) is 11.8. The minimum absolute atomic E-state index is 0.389. The molecule has 0 amide bonds. The van der Waals surface area contributed by atoms with E-state index in [4.69, 9.17) is 4.74 Å². The molecule has 1 heterocycles. The third-order valence-corrected chi connectivity index (χ3v) is 3.23. The number of rotatable bonds is 7. The fourth-order valence-electron chi connectivity index (χ4n) is 2.49. The van der Waals surface area contributed by atoms with Gasteiger partial charge in [-0.1, -0.05) is 27.2 Å². The van der Waals surface area contributed by atoms with Crippen molar-refractivity contribution < 1.29 is 4.74 Å². The lowest BCUT2D eigenvalue weighted by Crippen LogP contribution is -2.52. The summed E-state index contributed by atoms with van der Waals surface area (Å²) in [6.07, 6.45) is 4.08. The van der Waals surface area contributed by atoms with Gasteiger partial charge < -0.3 is 10.1 Å². The van der Waals surface area contributed by atoms with Gasteiger partial charge in [0.05, 0.1) is 12.7 Å². The van der Waals surface area contributed by atoms with Gasteiger partial charge in [0.15, 0.2) is 0 Å². The summed E-state index contributed by atoms with van der Waals surface area (Å²) in [5.41, 5.74) is 0. The van der Waals surface area contributed by atoms with E-state index in [0.29, 0.717) is 12.1 Å². The van der Waals surface area contributed by atoms with E-state index >= 15 is 0 Å². The van der Waals surface area contributed by atoms with Crippen molar-refractivity contribution in [1.29, 1.82) is 0 Å². The van der Waals surface area contributed by atoms with E-state index in [1.807, 2.05) is 0 Å². The van der Waals surface area contributed by atoms with Crippen molar-refractivity contribution in [2.45, 2.75) is 52.2 Å². The Labute approximate surface area is 101 Å². The van der Waals surface area contributed by atoms with Gasteiger partial charge in [-0.3, -0.25) is 4.90 Å². The Hall–Kier alpha value is -0.120. The van der Waals surface area contributed by atoms with E-state index in [0.717, 1.165) is 26.2 Å². The van der Waals surface area contributed by atoms with Crippen molar-refractivity contribution in [1.82, 2.24) is 10.2 Å². The van der Waals surface area contributed by atoms with Crippen molar-refractivity contribution in [3.8, 4) is 0 Å². The smallest absolute Gasteiger partial charge is 0.0855 e. The summed E-state index contributed by atoms with van der Waals surface area (Å²) in [6, 6.07) is 0.537. The van der Waals surface area contributed by atoms with E-state index in [1.54, 1.807) is 0 Å². The van der Waals surface area contributed by atoms with Crippen LogP contribution in [0, 0.1) is 0 Å². The maximum Gasteiger partial charge on any atom is 0.0855 e. The van der Waals surface area contributed by atoms with Crippen molar-refractivity contribution in [2.24, 2.45) is 0 Å². The highest BCUT2D eigenvalue weighted by molar-refractivity contribution is 4.82. The molecule has 1 fully saturated rings. The highest BCUT2D eigenvalue weighted by Crippen LogP contribution is 2.13. The van der Waals surface area contributed by atoms with Crippen molar-refractivity contribution in [2.75, 3.05) is 32.8 Å². The number of likely N-dealkylation sites (N-methyl/N-ethyl adjacent to an activating group) is 1. The number of ether oxygens (including phenoxy) is 1. The van der Waals surface area contributed by atoms with E-state index in [9.17, 15) is 0 Å². The second-order valence-corrected chi connectivity index (χ2v) is 4.66. The van der Waals surface area contributed by atoms with Crippen LogP contribution >= 0.6 is 0 Å². The summed E-state index contributed by atoms with van der Waals surface area (Å²) in [5.74, 6) is 0. The molecule has 3 heteroatoms. The molecular formula is C13H28N2O. The summed E-state index contributed by atoms with van der Waals surface area (Å²) >= 11 is 0. The lowest BCUT2D eigenvalue weighted by molar-refractivity contribution is -0.0474. The van der Waals surface area contributed by atoms with Crippen LogP contribution in [0.15, 0.2) is 0 Å². The summed E-state index contributed by atoms with van der Waals surface area (Å²) < 4.78 is 5.92. The molecule has 0 aromatic carbocycles. The normalized spacial score (nSPS) is 24.6. The first-order valence-electron chi connectivity index (χ1n) is 6.89. The quantitative estimate of drug-likeness (QED) is 0.720. The lowest BCUT2D eigenvalue weighted by Gasteiger charge is -2.37. The molecule has 0 radical (unpaired) electrons. The SMILES string of the molecule is CCCC(NCC)C1CN(CCC)CCO1. The summed E-state index contributed by atoms with van der Waals surface area (Å²) in [6.45, 7) is 12.0. The molecule has 1 saturated heterocycles. The Kier molecular flexibility index (Phi) is 7.01. The lowest BCUT2D eigenvalue weighted by atomic mass is 10.0. The van der Waals surface area contributed by atoms with Gasteiger partial charge in [0.2, 0.25) is 0 Å². The second-order valence-electron chi connectivity index (χ2n) is 4.66. The van der Waals surface area contributed by atoms with Crippen molar-refractivity contribution in [3.05, 3.63) is 0 Å². The van der Waals surface area contributed by atoms with E-state index < -0.39 is 0 Å². The first-order chi connectivity index (χ1) is 7.81. The van der Waals surface area contributed by atoms with Gasteiger partial charge in [-0.05, 0) is 25.9 Å². The largest absolute Gasteiger partial charge is 0.374 e. The summed E-state index contributed by atoms with van der Waals surface area (Å²) in [4.78, 5) is 2.54. The van der Waals surface area contributed by atoms with Crippen LogP contribution in [0.2, 0.25) is 0 Å². The van der Waals surface area contributed by atoms with Crippen LogP contribution < -0.4 is 5.32 Å². The predicted molar refractivity (Wildman–Crippen MR) is 68.8 cm³/mol. The summed E-state index contributed by atoms with van der Waals surface area (Å²) in [7, 11) is 0. The van der Waals surface area contributed by atoms with Crippen LogP contribution in [0.4, 0.5) is 0 Å². The van der Waals surface area contributed by atoms with Crippen LogP contribution in [0.3, 0.4) is 0 Å². The Morgan fingerprint density at radius 3 is 2.75 bits per heavy atom. The predicted octanol–water partition coefficient (Wildman–Crippen LogP) is 1.88. The third-order valence-electron chi connectivity index (χ3n) is 3.23. The van der Waals surface area contributed by atoms with Gasteiger partial charge in [0.1, 0.15) is 0 Å². The average molecular weight is 228 g/mol. The molecule has 0 aromatic heterocycles. The number of nitrogens with zero attached hydrogens (tertiary/aromatic N) is 1. The first-order valence-corrected chi connectivity index (χ1v) is 6.89. The highest BCUT2D eigenvalue weighted by atomic mass is 16.5. The van der Waals surface area contributed by atoms with Crippen molar-refractivity contribution in [3.63, 3.8) is 0 Å². The second kappa shape index (κ2) is 8.04. The van der Waals surface area contributed by atoms with Crippen LogP contribution in [0.5, 0.6) is 0 Å². The van der Waals surface area contributed by atoms with Crippen LogP contribution in [0.1, 0.15) is 40.0 Å². The molecule has 96 valence electrons. The molecule has 1 N–H and O–H groups in total. The maximum atomic E-state index is 5.92. The molecule has 2 atom stereocenters. The third kappa shape index (κ3) is 4.40. The van der Waals surface area contributed by atoms with Crippen LogP contribution in [0.25, 0.3) is 0 Å². The molecule has 1 aliphatic rings. The number of hydrogen-bond acceptors (Lipinski definition) is 3. The van der Waals surface area contributed by atoms with Gasteiger partial charge in [0.25, 0.3) is 0 Å². The molecule has 0 aliphatic carbocycles. The Bertz CT molecular complexity index is 167. The van der Waals surface area contributed by atoms with E-state index in [1.165, 1.54) is 25.8 Å². The molecule has 1 aliphatic heterocycles. The molecule has 1 rings (SSSR count). The molecular weight excluding hydrogens is 200 g/mol. The zero-order valence-corrected chi connectivity index (χ0v) is 11.2.